The summed E-state index contributed by atoms with van der Waals surface area (Å²) in [4.78, 5) is 12.2. The van der Waals surface area contributed by atoms with E-state index in [0.717, 1.165) is 16.5 Å². The first-order valence-corrected chi connectivity index (χ1v) is 7.52. The molecule has 0 radical (unpaired) electrons. The number of Topliss-reactive ketones (excluding diaryl/α,β-unsaturated/α-hetero) is 1. The van der Waals surface area contributed by atoms with Crippen molar-refractivity contribution in [1.82, 2.24) is 0 Å². The molecular formula is C13H14Br2O. The highest BCUT2D eigenvalue weighted by atomic mass is 79.9. The topological polar surface area (TPSA) is 17.1 Å². The zero-order chi connectivity index (χ0) is 11.4. The number of carbonyl (C=O) groups excluding carboxylic acids is 1. The van der Waals surface area contributed by atoms with Gasteiger partial charge in [-0.3, -0.25) is 4.79 Å². The van der Waals surface area contributed by atoms with Crippen molar-refractivity contribution in [1.29, 1.82) is 0 Å². The molecule has 0 aromatic heterocycles. The third kappa shape index (κ3) is 1.37. The lowest BCUT2D eigenvalue weighted by Gasteiger charge is -2.28. The van der Waals surface area contributed by atoms with Crippen molar-refractivity contribution in [3.63, 3.8) is 0 Å². The molecule has 86 valence electrons. The molecule has 0 heterocycles. The Balaban J connectivity index is 2.14. The number of fused-ring (bicyclic) bond motifs is 3. The second kappa shape index (κ2) is 3.81. The van der Waals surface area contributed by atoms with Gasteiger partial charge in [0.2, 0.25) is 0 Å². The van der Waals surface area contributed by atoms with Crippen LogP contribution < -0.4 is 0 Å². The van der Waals surface area contributed by atoms with Crippen molar-refractivity contribution in [2.45, 2.75) is 32.6 Å². The number of hydrogen-bond acceptors (Lipinski definition) is 1. The molecule has 0 aromatic carbocycles. The van der Waals surface area contributed by atoms with E-state index in [0.29, 0.717) is 17.6 Å². The Morgan fingerprint density at radius 2 is 1.94 bits per heavy atom. The summed E-state index contributed by atoms with van der Waals surface area (Å²) in [6.45, 7) is 2.07. The van der Waals surface area contributed by atoms with Crippen LogP contribution in [0.4, 0.5) is 0 Å². The lowest BCUT2D eigenvalue weighted by molar-refractivity contribution is -0.117. The molecule has 0 saturated heterocycles. The maximum atomic E-state index is 12.2. The van der Waals surface area contributed by atoms with Gasteiger partial charge in [0.15, 0.2) is 5.78 Å². The Hall–Kier alpha value is 0.110. The number of allylic oxidation sites excluding steroid dienone is 4. The summed E-state index contributed by atoms with van der Waals surface area (Å²) in [5.74, 6) is 1.71. The molecule has 2 saturated carbocycles. The van der Waals surface area contributed by atoms with Crippen LogP contribution in [0.1, 0.15) is 32.6 Å². The molecule has 0 aliphatic heterocycles. The normalized spacial score (nSPS) is 38.2. The van der Waals surface area contributed by atoms with Gasteiger partial charge in [0, 0.05) is 20.5 Å². The highest BCUT2D eigenvalue weighted by Crippen LogP contribution is 2.55. The largest absolute Gasteiger partial charge is 0.294 e. The first kappa shape index (κ1) is 11.2. The standard InChI is InChI=1S/C13H14Br2O/c1-6-5-9-7-3-2-4-8(7)11(14)12(15)10(9)13(6)16/h6-7,9H,2-5H2,1H3. The Kier molecular flexibility index (Phi) is 2.67. The van der Waals surface area contributed by atoms with E-state index in [1.165, 1.54) is 23.7 Å². The summed E-state index contributed by atoms with van der Waals surface area (Å²) in [6, 6.07) is 0. The van der Waals surface area contributed by atoms with Gasteiger partial charge in [-0.15, -0.1) is 0 Å². The molecule has 16 heavy (non-hydrogen) atoms. The maximum Gasteiger partial charge on any atom is 0.163 e. The fourth-order valence-electron chi connectivity index (χ4n) is 3.54. The molecule has 0 spiro atoms. The summed E-state index contributed by atoms with van der Waals surface area (Å²) in [5, 5.41) is 0. The SMILES string of the molecule is CC1CC2C(=C(Br)C(Br)=C3CCCC32)C1=O. The van der Waals surface area contributed by atoms with E-state index in [1.54, 1.807) is 5.57 Å². The van der Waals surface area contributed by atoms with Gasteiger partial charge in [0.1, 0.15) is 0 Å². The van der Waals surface area contributed by atoms with Crippen molar-refractivity contribution in [3.05, 3.63) is 20.1 Å². The summed E-state index contributed by atoms with van der Waals surface area (Å²) < 4.78 is 2.21. The quantitative estimate of drug-likeness (QED) is 0.638. The Labute approximate surface area is 113 Å². The Morgan fingerprint density at radius 1 is 1.19 bits per heavy atom. The molecule has 3 heteroatoms. The third-order valence-electron chi connectivity index (χ3n) is 4.30. The van der Waals surface area contributed by atoms with E-state index in [1.807, 2.05) is 0 Å². The molecule has 3 unspecified atom stereocenters. The number of hydrogen-bond donors (Lipinski definition) is 0. The van der Waals surface area contributed by atoms with Gasteiger partial charge in [-0.1, -0.05) is 12.5 Å². The Morgan fingerprint density at radius 3 is 2.69 bits per heavy atom. The number of halogens is 2. The highest BCUT2D eigenvalue weighted by molar-refractivity contribution is 9.15. The number of rotatable bonds is 0. The van der Waals surface area contributed by atoms with Crippen molar-refractivity contribution in [2.75, 3.05) is 0 Å². The summed E-state index contributed by atoms with van der Waals surface area (Å²) >= 11 is 7.29. The monoisotopic (exact) mass is 344 g/mol. The van der Waals surface area contributed by atoms with Gasteiger partial charge in [-0.25, -0.2) is 0 Å². The average Bonchev–Trinajstić information content (AvgIpc) is 2.82. The van der Waals surface area contributed by atoms with Crippen LogP contribution in [0.5, 0.6) is 0 Å². The molecule has 3 rings (SSSR count). The van der Waals surface area contributed by atoms with E-state index in [-0.39, 0.29) is 5.92 Å². The van der Waals surface area contributed by atoms with Crippen LogP contribution in [0, 0.1) is 17.8 Å². The molecule has 0 amide bonds. The summed E-state index contributed by atoms with van der Waals surface area (Å²) in [6.07, 6.45) is 4.80. The van der Waals surface area contributed by atoms with Gasteiger partial charge < -0.3 is 0 Å². The van der Waals surface area contributed by atoms with Gasteiger partial charge in [0.05, 0.1) is 0 Å². The molecule has 0 bridgehead atoms. The van der Waals surface area contributed by atoms with E-state index < -0.39 is 0 Å². The predicted molar refractivity (Wildman–Crippen MR) is 71.5 cm³/mol. The van der Waals surface area contributed by atoms with Crippen LogP contribution >= 0.6 is 31.9 Å². The van der Waals surface area contributed by atoms with E-state index in [2.05, 4.69) is 38.8 Å². The molecular weight excluding hydrogens is 332 g/mol. The minimum Gasteiger partial charge on any atom is -0.294 e. The van der Waals surface area contributed by atoms with Crippen LogP contribution in [0.2, 0.25) is 0 Å². The molecule has 1 nitrogen and oxygen atoms in total. The second-order valence-electron chi connectivity index (χ2n) is 5.17. The van der Waals surface area contributed by atoms with Crippen LogP contribution in [0.3, 0.4) is 0 Å². The van der Waals surface area contributed by atoms with Crippen LogP contribution in [-0.4, -0.2) is 5.78 Å². The van der Waals surface area contributed by atoms with Gasteiger partial charge in [-0.05, 0) is 69.4 Å². The number of carbonyl (C=O) groups is 1. The first-order chi connectivity index (χ1) is 7.61. The van der Waals surface area contributed by atoms with Gasteiger partial charge in [-0.2, -0.15) is 0 Å². The smallest absolute Gasteiger partial charge is 0.163 e. The van der Waals surface area contributed by atoms with Crippen molar-refractivity contribution < 1.29 is 4.79 Å². The number of ketones is 1. The Bertz CT molecular complexity index is 433. The second-order valence-corrected chi connectivity index (χ2v) is 6.76. The van der Waals surface area contributed by atoms with Crippen molar-refractivity contribution in [3.8, 4) is 0 Å². The first-order valence-electron chi connectivity index (χ1n) is 5.94. The summed E-state index contributed by atoms with van der Waals surface area (Å²) in [7, 11) is 0. The van der Waals surface area contributed by atoms with Crippen LogP contribution in [-0.2, 0) is 4.79 Å². The average molecular weight is 346 g/mol. The predicted octanol–water partition coefficient (Wildman–Crippen LogP) is 4.32. The fourth-order valence-corrected chi connectivity index (χ4v) is 4.99. The molecule has 2 fully saturated rings. The minimum absolute atomic E-state index is 0.216. The molecule has 3 atom stereocenters. The lowest BCUT2D eigenvalue weighted by atomic mass is 9.80. The lowest BCUT2D eigenvalue weighted by Crippen LogP contribution is -2.19. The van der Waals surface area contributed by atoms with E-state index in [4.69, 9.17) is 0 Å². The van der Waals surface area contributed by atoms with E-state index >= 15 is 0 Å². The van der Waals surface area contributed by atoms with Gasteiger partial charge >= 0.3 is 0 Å². The molecule has 3 aliphatic carbocycles. The van der Waals surface area contributed by atoms with Crippen LogP contribution in [0.25, 0.3) is 0 Å². The maximum absolute atomic E-state index is 12.2. The summed E-state index contributed by atoms with van der Waals surface area (Å²) in [5.41, 5.74) is 2.61. The zero-order valence-corrected chi connectivity index (χ0v) is 12.4. The minimum atomic E-state index is 0.216. The van der Waals surface area contributed by atoms with Crippen molar-refractivity contribution >= 4 is 37.6 Å². The fraction of sp³-hybridized carbons (Fsp3) is 0.615. The molecule has 0 aromatic rings. The van der Waals surface area contributed by atoms with Crippen molar-refractivity contribution in [2.24, 2.45) is 17.8 Å². The van der Waals surface area contributed by atoms with Crippen LogP contribution in [0.15, 0.2) is 20.1 Å². The molecule has 3 aliphatic rings. The van der Waals surface area contributed by atoms with E-state index in [9.17, 15) is 4.79 Å². The molecule has 0 N–H and O–H groups in total. The highest BCUT2D eigenvalue weighted by Gasteiger charge is 2.46. The third-order valence-corrected chi connectivity index (χ3v) is 6.56. The van der Waals surface area contributed by atoms with Gasteiger partial charge in [0.25, 0.3) is 0 Å². The zero-order valence-electron chi connectivity index (χ0n) is 9.22.